The molecular weight excluding hydrogens is 529 g/mol. The summed E-state index contributed by atoms with van der Waals surface area (Å²) < 4.78 is 15.0. The second-order valence-electron chi connectivity index (χ2n) is 10.6. The van der Waals surface area contributed by atoms with Gasteiger partial charge in [-0.25, -0.2) is 9.18 Å². The fraction of sp³-hybridized carbons (Fsp3) is 0.323. The number of nitrogens with two attached hydrogens (primary N) is 1. The van der Waals surface area contributed by atoms with E-state index >= 15 is 4.39 Å². The summed E-state index contributed by atoms with van der Waals surface area (Å²) in [5.74, 6) is -0.441. The van der Waals surface area contributed by atoms with E-state index in [1.165, 1.54) is 23.8 Å². The van der Waals surface area contributed by atoms with E-state index in [9.17, 15) is 14.9 Å². The van der Waals surface area contributed by atoms with Gasteiger partial charge >= 0.3 is 6.03 Å². The molecule has 0 bridgehead atoms. The van der Waals surface area contributed by atoms with Gasteiger partial charge in [0.15, 0.2) is 0 Å². The average molecular weight is 560 g/mol. The molecule has 2 aliphatic rings. The zero-order valence-electron chi connectivity index (χ0n) is 22.0. The number of likely N-dealkylation sites (tertiary alicyclic amines) is 1. The number of nitrogens with one attached hydrogen (secondary N) is 2. The van der Waals surface area contributed by atoms with Gasteiger partial charge in [-0.2, -0.15) is 5.26 Å². The molecule has 40 heavy (non-hydrogen) atoms. The van der Waals surface area contributed by atoms with Crippen molar-refractivity contribution in [1.82, 2.24) is 4.90 Å². The Morgan fingerprint density at radius 2 is 1.80 bits per heavy atom. The molecule has 3 amide bonds. The van der Waals surface area contributed by atoms with Crippen molar-refractivity contribution < 1.29 is 14.0 Å². The van der Waals surface area contributed by atoms with Crippen LogP contribution >= 0.6 is 11.6 Å². The molecule has 3 aromatic rings. The maximum Gasteiger partial charge on any atom is 0.322 e. The van der Waals surface area contributed by atoms with E-state index in [4.69, 9.17) is 17.3 Å². The van der Waals surface area contributed by atoms with E-state index in [2.05, 4.69) is 16.7 Å². The molecule has 1 saturated carbocycles. The van der Waals surface area contributed by atoms with E-state index in [1.807, 2.05) is 6.07 Å². The van der Waals surface area contributed by atoms with Gasteiger partial charge in [-0.3, -0.25) is 4.79 Å². The van der Waals surface area contributed by atoms with Gasteiger partial charge in [-0.05, 0) is 91.3 Å². The minimum atomic E-state index is -0.972. The van der Waals surface area contributed by atoms with Gasteiger partial charge in [0.2, 0.25) is 5.91 Å². The van der Waals surface area contributed by atoms with Gasteiger partial charge in [0.25, 0.3) is 0 Å². The molecule has 0 radical (unpaired) electrons. The normalized spacial score (nSPS) is 18.1. The smallest absolute Gasteiger partial charge is 0.322 e. The van der Waals surface area contributed by atoms with Crippen LogP contribution in [0.15, 0.2) is 66.7 Å². The van der Waals surface area contributed by atoms with Crippen LogP contribution < -0.4 is 16.4 Å². The first-order valence-electron chi connectivity index (χ1n) is 13.5. The Labute approximate surface area is 238 Å². The Balaban J connectivity index is 1.36. The van der Waals surface area contributed by atoms with Gasteiger partial charge in [0.1, 0.15) is 11.9 Å². The number of halogens is 2. The number of hydrogen-bond donors (Lipinski definition) is 3. The third-order valence-electron chi connectivity index (χ3n) is 7.80. The van der Waals surface area contributed by atoms with Gasteiger partial charge < -0.3 is 21.3 Å². The maximum absolute atomic E-state index is 15.0. The van der Waals surface area contributed by atoms with E-state index in [0.717, 1.165) is 12.0 Å². The monoisotopic (exact) mass is 559 g/mol. The lowest BCUT2D eigenvalue weighted by molar-refractivity contribution is -0.119. The number of nitrogens with zero attached hydrogens (tertiary/aromatic N) is 2. The Morgan fingerprint density at radius 3 is 2.52 bits per heavy atom. The molecule has 9 heteroatoms. The minimum absolute atomic E-state index is 0.00476. The number of carbonyl (C=O) groups excluding carboxylic acids is 2. The van der Waals surface area contributed by atoms with Crippen LogP contribution in [0.3, 0.4) is 0 Å². The highest BCUT2D eigenvalue weighted by Crippen LogP contribution is 2.40. The molecule has 0 spiro atoms. The fourth-order valence-corrected chi connectivity index (χ4v) is 5.41. The van der Waals surface area contributed by atoms with Crippen LogP contribution in [-0.4, -0.2) is 29.4 Å². The number of hydrogen-bond acceptors (Lipinski definition) is 4. The molecule has 1 aliphatic carbocycles. The van der Waals surface area contributed by atoms with E-state index < -0.39 is 29.3 Å². The van der Waals surface area contributed by atoms with Crippen molar-refractivity contribution in [1.29, 1.82) is 5.26 Å². The highest BCUT2D eigenvalue weighted by molar-refractivity contribution is 6.30. The molecule has 0 aromatic heterocycles. The van der Waals surface area contributed by atoms with Gasteiger partial charge in [0.05, 0.1) is 22.9 Å². The first kappa shape index (κ1) is 27.6. The highest BCUT2D eigenvalue weighted by Gasteiger charge is 2.36. The second-order valence-corrected chi connectivity index (χ2v) is 11.1. The standard InChI is InChI=1S/C31H31ClFN5O2/c32-24-9-11-25(12-10-24)36-30(40)38-16-2-5-28(38)29(39)37-27-18-23(8-13-26(27)33)31(35,15-14-20-6-7-20)22-4-1-3-21(17-22)19-34/h1,3-4,8-13,17-18,20,28H,2,5-7,14-16,35H2,(H,36,40)(H,37,39). The summed E-state index contributed by atoms with van der Waals surface area (Å²) in [6.45, 7) is 0.405. The number of urea groups is 1. The van der Waals surface area contributed by atoms with Gasteiger partial charge in [0, 0.05) is 17.3 Å². The summed E-state index contributed by atoms with van der Waals surface area (Å²) in [5.41, 5.74) is 8.53. The average Bonchev–Trinajstić information content (AvgIpc) is 3.66. The number of benzene rings is 3. The predicted molar refractivity (Wildman–Crippen MR) is 153 cm³/mol. The number of amides is 3. The Kier molecular flexibility index (Phi) is 8.06. The first-order chi connectivity index (χ1) is 19.3. The number of rotatable bonds is 8. The van der Waals surface area contributed by atoms with Crippen molar-refractivity contribution in [3.05, 3.63) is 94.3 Å². The zero-order valence-corrected chi connectivity index (χ0v) is 22.8. The third kappa shape index (κ3) is 6.11. The molecule has 2 fully saturated rings. The van der Waals surface area contributed by atoms with Crippen LogP contribution in [0.1, 0.15) is 55.2 Å². The lowest BCUT2D eigenvalue weighted by atomic mass is 9.79. The molecule has 5 rings (SSSR count). The number of anilines is 2. The third-order valence-corrected chi connectivity index (χ3v) is 8.05. The molecule has 206 valence electrons. The van der Waals surface area contributed by atoms with Gasteiger partial charge in [-0.1, -0.05) is 42.6 Å². The topological polar surface area (TPSA) is 111 Å². The van der Waals surface area contributed by atoms with E-state index in [-0.39, 0.29) is 5.69 Å². The summed E-state index contributed by atoms with van der Waals surface area (Å²) in [7, 11) is 0. The maximum atomic E-state index is 15.0. The summed E-state index contributed by atoms with van der Waals surface area (Å²) in [6, 6.07) is 19.4. The molecule has 2 atom stereocenters. The van der Waals surface area contributed by atoms with Crippen LogP contribution in [0, 0.1) is 23.1 Å². The lowest BCUT2D eigenvalue weighted by Gasteiger charge is -2.32. The van der Waals surface area contributed by atoms with Crippen LogP contribution in [0.4, 0.5) is 20.6 Å². The molecule has 7 nitrogen and oxygen atoms in total. The predicted octanol–water partition coefficient (Wildman–Crippen LogP) is 6.38. The Morgan fingerprint density at radius 1 is 1.05 bits per heavy atom. The van der Waals surface area contributed by atoms with Crippen LogP contribution in [-0.2, 0) is 10.3 Å². The summed E-state index contributed by atoms with van der Waals surface area (Å²) >= 11 is 5.92. The van der Waals surface area contributed by atoms with Crippen molar-refractivity contribution in [2.75, 3.05) is 17.2 Å². The quantitative estimate of drug-likeness (QED) is 0.297. The molecule has 1 aliphatic heterocycles. The summed E-state index contributed by atoms with van der Waals surface area (Å²) in [5, 5.41) is 15.5. The van der Waals surface area contributed by atoms with Crippen molar-refractivity contribution >= 4 is 34.9 Å². The fourth-order valence-electron chi connectivity index (χ4n) is 5.29. The van der Waals surface area contributed by atoms with E-state index in [1.54, 1.807) is 54.6 Å². The summed E-state index contributed by atoms with van der Waals surface area (Å²) in [4.78, 5) is 27.7. The first-order valence-corrected chi connectivity index (χ1v) is 13.9. The van der Waals surface area contributed by atoms with Crippen LogP contribution in [0.5, 0.6) is 0 Å². The molecule has 4 N–H and O–H groups in total. The zero-order chi connectivity index (χ0) is 28.3. The van der Waals surface area contributed by atoms with Crippen LogP contribution in [0.25, 0.3) is 0 Å². The molecule has 1 saturated heterocycles. The van der Waals surface area contributed by atoms with Crippen molar-refractivity contribution in [2.45, 2.75) is 50.1 Å². The second kappa shape index (κ2) is 11.7. The Bertz CT molecular complexity index is 1450. The minimum Gasteiger partial charge on any atom is -0.322 e. The van der Waals surface area contributed by atoms with E-state index in [0.29, 0.717) is 53.6 Å². The van der Waals surface area contributed by atoms with Crippen molar-refractivity contribution in [3.63, 3.8) is 0 Å². The Hall–Kier alpha value is -3.93. The molecule has 3 aromatic carbocycles. The molecular formula is C31H31ClFN5O2. The number of carbonyl (C=O) groups is 2. The van der Waals surface area contributed by atoms with Crippen molar-refractivity contribution in [3.8, 4) is 6.07 Å². The van der Waals surface area contributed by atoms with Crippen LogP contribution in [0.2, 0.25) is 5.02 Å². The van der Waals surface area contributed by atoms with Gasteiger partial charge in [-0.15, -0.1) is 0 Å². The highest BCUT2D eigenvalue weighted by atomic mass is 35.5. The SMILES string of the molecule is N#Cc1cccc(C(N)(CCC2CC2)c2ccc(F)c(NC(=O)C3CCCN3C(=O)Nc3ccc(Cl)cc3)c2)c1. The molecule has 1 heterocycles. The van der Waals surface area contributed by atoms with Crippen molar-refractivity contribution in [2.24, 2.45) is 11.7 Å². The number of nitriles is 1. The summed E-state index contributed by atoms with van der Waals surface area (Å²) in [6.07, 6.45) is 4.98. The molecule has 2 unspecified atom stereocenters. The largest absolute Gasteiger partial charge is 0.322 e. The lowest BCUT2D eigenvalue weighted by Crippen LogP contribution is -2.45.